The Bertz CT molecular complexity index is 695. The number of ether oxygens (including phenoxy) is 1. The van der Waals surface area contributed by atoms with Crippen LogP contribution in [0.25, 0.3) is 0 Å². The molecule has 0 saturated heterocycles. The Labute approximate surface area is 148 Å². The first-order valence-corrected chi connectivity index (χ1v) is 8.78. The number of hydrogen-bond donors (Lipinski definition) is 2. The Morgan fingerprint density at radius 1 is 1.08 bits per heavy atom. The van der Waals surface area contributed by atoms with Crippen molar-refractivity contribution in [2.45, 2.75) is 44.6 Å². The number of methoxy groups -OCH3 is 1. The summed E-state index contributed by atoms with van der Waals surface area (Å²) in [6.07, 6.45) is 8.83. The lowest BCUT2D eigenvalue weighted by molar-refractivity contribution is 0.102. The fraction of sp³-hybridized carbons (Fsp3) is 0.421. The maximum Gasteiger partial charge on any atom is 0.274 e. The average Bonchev–Trinajstić information content (AvgIpc) is 2.91. The van der Waals surface area contributed by atoms with Gasteiger partial charge in [0.05, 0.1) is 7.11 Å². The summed E-state index contributed by atoms with van der Waals surface area (Å²) in [6.45, 7) is 0. The summed E-state index contributed by atoms with van der Waals surface area (Å²) >= 11 is 0. The molecule has 0 atom stereocenters. The number of nitrogens with one attached hydrogen (secondary N) is 2. The number of amides is 1. The number of carbonyl (C=O) groups is 1. The van der Waals surface area contributed by atoms with Gasteiger partial charge in [-0.3, -0.25) is 4.79 Å². The zero-order valence-corrected chi connectivity index (χ0v) is 14.5. The molecule has 3 rings (SSSR count). The standard InChI is InChI=1S/C19H24N4O2/c1-25-16-10-8-15(9-11-16)23-19(24)17-12-18(21-13-20-17)22-14-6-4-2-3-5-7-14/h8-14H,2-7H2,1H3,(H,23,24)(H,20,21,22). The molecule has 0 radical (unpaired) electrons. The van der Waals surface area contributed by atoms with Crippen molar-refractivity contribution < 1.29 is 9.53 Å². The SMILES string of the molecule is COc1ccc(NC(=O)c2cc(NC3CCCCCC3)ncn2)cc1. The van der Waals surface area contributed by atoms with Crippen molar-refractivity contribution in [2.75, 3.05) is 17.7 Å². The van der Waals surface area contributed by atoms with Gasteiger partial charge in [0, 0.05) is 17.8 Å². The number of anilines is 2. The number of rotatable bonds is 5. The minimum absolute atomic E-state index is 0.253. The van der Waals surface area contributed by atoms with Crippen molar-refractivity contribution in [3.63, 3.8) is 0 Å². The fourth-order valence-electron chi connectivity index (χ4n) is 3.06. The van der Waals surface area contributed by atoms with Gasteiger partial charge in [-0.15, -0.1) is 0 Å². The minimum Gasteiger partial charge on any atom is -0.497 e. The van der Waals surface area contributed by atoms with Gasteiger partial charge in [-0.25, -0.2) is 9.97 Å². The predicted octanol–water partition coefficient (Wildman–Crippen LogP) is 3.87. The van der Waals surface area contributed by atoms with Crippen LogP contribution in [0.5, 0.6) is 5.75 Å². The lowest BCUT2D eigenvalue weighted by Gasteiger charge is -2.17. The summed E-state index contributed by atoms with van der Waals surface area (Å²) in [7, 11) is 1.61. The van der Waals surface area contributed by atoms with E-state index in [0.29, 0.717) is 23.2 Å². The van der Waals surface area contributed by atoms with Gasteiger partial charge < -0.3 is 15.4 Å². The van der Waals surface area contributed by atoms with E-state index in [1.807, 2.05) is 0 Å². The molecule has 2 N–H and O–H groups in total. The fourth-order valence-corrected chi connectivity index (χ4v) is 3.06. The highest BCUT2D eigenvalue weighted by Crippen LogP contribution is 2.21. The molecule has 1 aromatic heterocycles. The van der Waals surface area contributed by atoms with E-state index in [9.17, 15) is 4.79 Å². The van der Waals surface area contributed by atoms with E-state index in [0.717, 1.165) is 18.6 Å². The second-order valence-corrected chi connectivity index (χ2v) is 6.30. The zero-order chi connectivity index (χ0) is 17.5. The predicted molar refractivity (Wildman–Crippen MR) is 98.1 cm³/mol. The number of aromatic nitrogens is 2. The van der Waals surface area contributed by atoms with Crippen LogP contribution in [0.4, 0.5) is 11.5 Å². The van der Waals surface area contributed by atoms with E-state index in [2.05, 4.69) is 20.6 Å². The molecule has 1 amide bonds. The first-order chi connectivity index (χ1) is 12.2. The van der Waals surface area contributed by atoms with E-state index in [-0.39, 0.29) is 5.91 Å². The van der Waals surface area contributed by atoms with Crippen molar-refractivity contribution in [1.82, 2.24) is 9.97 Å². The van der Waals surface area contributed by atoms with E-state index in [1.165, 1.54) is 32.0 Å². The van der Waals surface area contributed by atoms with Crippen LogP contribution in [0.1, 0.15) is 49.0 Å². The smallest absolute Gasteiger partial charge is 0.274 e. The van der Waals surface area contributed by atoms with Crippen LogP contribution in [0.3, 0.4) is 0 Å². The Morgan fingerprint density at radius 3 is 2.48 bits per heavy atom. The lowest BCUT2D eigenvalue weighted by Crippen LogP contribution is -2.20. The number of hydrogen-bond acceptors (Lipinski definition) is 5. The molecule has 2 aromatic rings. The summed E-state index contributed by atoms with van der Waals surface area (Å²) < 4.78 is 5.11. The molecule has 1 saturated carbocycles. The first-order valence-electron chi connectivity index (χ1n) is 8.78. The van der Waals surface area contributed by atoms with Gasteiger partial charge in [0.15, 0.2) is 0 Å². The van der Waals surface area contributed by atoms with Gasteiger partial charge in [0.25, 0.3) is 5.91 Å². The molecule has 25 heavy (non-hydrogen) atoms. The Balaban J connectivity index is 1.64. The quantitative estimate of drug-likeness (QED) is 0.808. The second-order valence-electron chi connectivity index (χ2n) is 6.30. The van der Waals surface area contributed by atoms with Crippen LogP contribution < -0.4 is 15.4 Å². The highest BCUT2D eigenvalue weighted by atomic mass is 16.5. The van der Waals surface area contributed by atoms with Gasteiger partial charge in [-0.1, -0.05) is 25.7 Å². The summed E-state index contributed by atoms with van der Waals surface area (Å²) in [5, 5.41) is 6.29. The maximum atomic E-state index is 12.4. The van der Waals surface area contributed by atoms with E-state index < -0.39 is 0 Å². The van der Waals surface area contributed by atoms with Crippen molar-refractivity contribution in [1.29, 1.82) is 0 Å². The third-order valence-corrected chi connectivity index (χ3v) is 4.45. The van der Waals surface area contributed by atoms with Crippen LogP contribution in [0, 0.1) is 0 Å². The molecule has 132 valence electrons. The van der Waals surface area contributed by atoms with Gasteiger partial charge >= 0.3 is 0 Å². The molecular weight excluding hydrogens is 316 g/mol. The van der Waals surface area contributed by atoms with Crippen molar-refractivity contribution >= 4 is 17.4 Å². The molecule has 0 bridgehead atoms. The average molecular weight is 340 g/mol. The number of carbonyl (C=O) groups excluding carboxylic acids is 1. The molecule has 1 aliphatic carbocycles. The number of benzene rings is 1. The van der Waals surface area contributed by atoms with Gasteiger partial charge in [0.2, 0.25) is 0 Å². The van der Waals surface area contributed by atoms with Crippen molar-refractivity contribution in [3.05, 3.63) is 42.4 Å². The van der Waals surface area contributed by atoms with Crippen molar-refractivity contribution in [3.8, 4) is 5.75 Å². The lowest BCUT2D eigenvalue weighted by atomic mass is 10.1. The van der Waals surface area contributed by atoms with Crippen LogP contribution in [0.15, 0.2) is 36.7 Å². The molecule has 0 unspecified atom stereocenters. The Kier molecular flexibility index (Phi) is 5.82. The maximum absolute atomic E-state index is 12.4. The van der Waals surface area contributed by atoms with Crippen LogP contribution in [-0.4, -0.2) is 29.0 Å². The largest absolute Gasteiger partial charge is 0.497 e. The highest BCUT2D eigenvalue weighted by Gasteiger charge is 2.14. The van der Waals surface area contributed by atoms with Gasteiger partial charge in [0.1, 0.15) is 23.6 Å². The molecule has 6 heteroatoms. The van der Waals surface area contributed by atoms with Crippen LogP contribution in [-0.2, 0) is 0 Å². The topological polar surface area (TPSA) is 76.1 Å². The van der Waals surface area contributed by atoms with Gasteiger partial charge in [-0.2, -0.15) is 0 Å². The normalized spacial score (nSPS) is 15.2. The second kappa shape index (κ2) is 8.46. The van der Waals surface area contributed by atoms with Crippen molar-refractivity contribution in [2.24, 2.45) is 0 Å². The molecule has 1 fully saturated rings. The molecule has 0 aliphatic heterocycles. The van der Waals surface area contributed by atoms with E-state index in [1.54, 1.807) is 37.4 Å². The zero-order valence-electron chi connectivity index (χ0n) is 14.5. The minimum atomic E-state index is -0.253. The molecule has 1 aliphatic rings. The van der Waals surface area contributed by atoms with Gasteiger partial charge in [-0.05, 0) is 37.1 Å². The van der Waals surface area contributed by atoms with E-state index in [4.69, 9.17) is 4.74 Å². The summed E-state index contributed by atoms with van der Waals surface area (Å²) in [5.74, 6) is 1.20. The molecule has 6 nitrogen and oxygen atoms in total. The van der Waals surface area contributed by atoms with Crippen LogP contribution >= 0.6 is 0 Å². The third-order valence-electron chi connectivity index (χ3n) is 4.45. The summed E-state index contributed by atoms with van der Waals surface area (Å²) in [4.78, 5) is 20.8. The van der Waals surface area contributed by atoms with Crippen LogP contribution in [0.2, 0.25) is 0 Å². The monoisotopic (exact) mass is 340 g/mol. The summed E-state index contributed by atoms with van der Waals surface area (Å²) in [5.41, 5.74) is 1.05. The number of nitrogens with zero attached hydrogens (tertiary/aromatic N) is 2. The molecular formula is C19H24N4O2. The summed E-state index contributed by atoms with van der Waals surface area (Å²) in [6, 6.07) is 9.33. The molecule has 1 heterocycles. The van der Waals surface area contributed by atoms with E-state index >= 15 is 0 Å². The third kappa shape index (κ3) is 4.92. The molecule has 0 spiro atoms. The Hall–Kier alpha value is -2.63. The Morgan fingerprint density at radius 2 is 1.80 bits per heavy atom. The first kappa shape index (κ1) is 17.2. The highest BCUT2D eigenvalue weighted by molar-refractivity contribution is 6.03. The molecule has 1 aromatic carbocycles.